The predicted octanol–water partition coefficient (Wildman–Crippen LogP) is 2.43. The summed E-state index contributed by atoms with van der Waals surface area (Å²) in [6.45, 7) is 1.05. The second-order valence-electron chi connectivity index (χ2n) is 5.02. The lowest BCUT2D eigenvalue weighted by molar-refractivity contribution is 0.0391. The fourth-order valence-corrected chi connectivity index (χ4v) is 2.80. The van der Waals surface area contributed by atoms with Crippen molar-refractivity contribution in [2.75, 3.05) is 13.2 Å². The molecule has 0 aliphatic carbocycles. The molecule has 0 unspecified atom stereocenters. The third kappa shape index (κ3) is 4.08. The maximum absolute atomic E-state index is 12.0. The zero-order valence-corrected chi connectivity index (χ0v) is 13.1. The Morgan fingerprint density at radius 1 is 1.30 bits per heavy atom. The SMILES string of the molecule is O=C(NN1C[C@H](COCc2cccs2)OC1=O)c1ccccc1. The topological polar surface area (TPSA) is 67.9 Å². The molecule has 0 bridgehead atoms. The van der Waals surface area contributed by atoms with E-state index in [0.29, 0.717) is 18.8 Å². The lowest BCUT2D eigenvalue weighted by Gasteiger charge is -2.14. The van der Waals surface area contributed by atoms with Crippen molar-refractivity contribution < 1.29 is 19.1 Å². The molecular weight excluding hydrogens is 316 g/mol. The number of benzene rings is 1. The summed E-state index contributed by atoms with van der Waals surface area (Å²) in [5.41, 5.74) is 3.03. The maximum Gasteiger partial charge on any atom is 0.429 e. The molecule has 1 aromatic heterocycles. The Labute approximate surface area is 137 Å². The summed E-state index contributed by atoms with van der Waals surface area (Å²) in [5, 5.41) is 3.16. The van der Waals surface area contributed by atoms with Crippen molar-refractivity contribution in [1.29, 1.82) is 0 Å². The molecule has 1 N–H and O–H groups in total. The Morgan fingerprint density at radius 2 is 2.13 bits per heavy atom. The number of hydrogen-bond donors (Lipinski definition) is 1. The van der Waals surface area contributed by atoms with Gasteiger partial charge in [0.25, 0.3) is 5.91 Å². The van der Waals surface area contributed by atoms with Gasteiger partial charge in [-0.05, 0) is 23.6 Å². The third-order valence-electron chi connectivity index (χ3n) is 3.27. The van der Waals surface area contributed by atoms with Gasteiger partial charge in [-0.1, -0.05) is 24.3 Å². The molecule has 1 saturated heterocycles. The lowest BCUT2D eigenvalue weighted by atomic mass is 10.2. The van der Waals surface area contributed by atoms with Crippen LogP contribution in [0.1, 0.15) is 15.2 Å². The number of ether oxygens (including phenoxy) is 2. The van der Waals surface area contributed by atoms with Crippen LogP contribution in [0.2, 0.25) is 0 Å². The first-order valence-corrected chi connectivity index (χ1v) is 8.04. The first-order valence-electron chi connectivity index (χ1n) is 7.16. The van der Waals surface area contributed by atoms with Gasteiger partial charge < -0.3 is 9.47 Å². The molecule has 1 aromatic carbocycles. The van der Waals surface area contributed by atoms with Gasteiger partial charge in [0.15, 0.2) is 0 Å². The van der Waals surface area contributed by atoms with Gasteiger partial charge in [-0.25, -0.2) is 9.80 Å². The van der Waals surface area contributed by atoms with Crippen molar-refractivity contribution in [3.8, 4) is 0 Å². The van der Waals surface area contributed by atoms with Crippen LogP contribution in [-0.4, -0.2) is 36.3 Å². The number of nitrogens with one attached hydrogen (secondary N) is 1. The van der Waals surface area contributed by atoms with E-state index < -0.39 is 12.2 Å². The van der Waals surface area contributed by atoms with Crippen LogP contribution < -0.4 is 5.43 Å². The lowest BCUT2D eigenvalue weighted by Crippen LogP contribution is -2.43. The molecule has 1 aliphatic heterocycles. The molecule has 1 aliphatic rings. The maximum atomic E-state index is 12.0. The Hall–Kier alpha value is -2.38. The quantitative estimate of drug-likeness (QED) is 0.882. The molecule has 120 valence electrons. The van der Waals surface area contributed by atoms with Crippen LogP contribution in [0.15, 0.2) is 47.8 Å². The first kappa shape index (κ1) is 15.5. The third-order valence-corrected chi connectivity index (χ3v) is 4.12. The Balaban J connectivity index is 1.46. The molecule has 2 aromatic rings. The zero-order valence-electron chi connectivity index (χ0n) is 12.3. The van der Waals surface area contributed by atoms with Crippen LogP contribution in [0.5, 0.6) is 0 Å². The van der Waals surface area contributed by atoms with Gasteiger partial charge >= 0.3 is 6.09 Å². The van der Waals surface area contributed by atoms with E-state index in [0.717, 1.165) is 4.88 Å². The van der Waals surface area contributed by atoms with E-state index in [-0.39, 0.29) is 12.5 Å². The first-order chi connectivity index (χ1) is 11.2. The van der Waals surface area contributed by atoms with Crippen molar-refractivity contribution in [2.24, 2.45) is 0 Å². The minimum absolute atomic E-state index is 0.266. The Morgan fingerprint density at radius 3 is 2.87 bits per heavy atom. The second-order valence-corrected chi connectivity index (χ2v) is 6.05. The van der Waals surface area contributed by atoms with Gasteiger partial charge in [0.05, 0.1) is 19.8 Å². The number of nitrogens with zero attached hydrogens (tertiary/aromatic N) is 1. The van der Waals surface area contributed by atoms with Crippen molar-refractivity contribution in [1.82, 2.24) is 10.4 Å². The number of amides is 2. The monoisotopic (exact) mass is 332 g/mol. The van der Waals surface area contributed by atoms with Crippen LogP contribution in [0.25, 0.3) is 0 Å². The number of hydrogen-bond acceptors (Lipinski definition) is 5. The molecule has 2 heterocycles. The van der Waals surface area contributed by atoms with Gasteiger partial charge in [-0.15, -0.1) is 11.3 Å². The van der Waals surface area contributed by atoms with Gasteiger partial charge in [-0.3, -0.25) is 10.2 Å². The highest BCUT2D eigenvalue weighted by molar-refractivity contribution is 7.09. The molecule has 1 fully saturated rings. The Bertz CT molecular complexity index is 660. The van der Waals surface area contributed by atoms with E-state index in [1.165, 1.54) is 5.01 Å². The predicted molar refractivity (Wildman–Crippen MR) is 84.9 cm³/mol. The van der Waals surface area contributed by atoms with E-state index in [4.69, 9.17) is 9.47 Å². The fraction of sp³-hybridized carbons (Fsp3) is 0.250. The highest BCUT2D eigenvalue weighted by Crippen LogP contribution is 2.13. The average Bonchev–Trinajstić information content (AvgIpc) is 3.19. The molecular formula is C16H16N2O4S. The summed E-state index contributed by atoms with van der Waals surface area (Å²) in [6, 6.07) is 12.6. The number of carbonyl (C=O) groups excluding carboxylic acids is 2. The Kier molecular flexibility index (Phi) is 4.89. The van der Waals surface area contributed by atoms with E-state index in [1.54, 1.807) is 35.6 Å². The van der Waals surface area contributed by atoms with E-state index in [2.05, 4.69) is 5.43 Å². The van der Waals surface area contributed by atoms with Crippen LogP contribution in [0.4, 0.5) is 4.79 Å². The number of carbonyl (C=O) groups is 2. The summed E-state index contributed by atoms with van der Waals surface area (Å²) in [7, 11) is 0. The number of rotatable bonds is 6. The van der Waals surface area contributed by atoms with Gasteiger partial charge in [-0.2, -0.15) is 0 Å². The van der Waals surface area contributed by atoms with Gasteiger partial charge in [0.1, 0.15) is 6.10 Å². The number of thiophene rings is 1. The highest BCUT2D eigenvalue weighted by Gasteiger charge is 2.32. The summed E-state index contributed by atoms with van der Waals surface area (Å²) in [5.74, 6) is -0.345. The zero-order chi connectivity index (χ0) is 16.1. The normalized spacial score (nSPS) is 17.1. The van der Waals surface area contributed by atoms with Gasteiger partial charge in [0, 0.05) is 10.4 Å². The molecule has 0 radical (unpaired) electrons. The second kappa shape index (κ2) is 7.26. The van der Waals surface area contributed by atoms with E-state index >= 15 is 0 Å². The van der Waals surface area contributed by atoms with Crippen molar-refractivity contribution in [3.05, 3.63) is 58.3 Å². The summed E-state index contributed by atoms with van der Waals surface area (Å²) >= 11 is 1.61. The average molecular weight is 332 g/mol. The van der Waals surface area contributed by atoms with Crippen LogP contribution >= 0.6 is 11.3 Å². The summed E-state index contributed by atoms with van der Waals surface area (Å²) in [4.78, 5) is 24.9. The molecule has 0 spiro atoms. The van der Waals surface area contributed by atoms with E-state index in [9.17, 15) is 9.59 Å². The number of hydrazine groups is 1. The molecule has 6 nitrogen and oxygen atoms in total. The highest BCUT2D eigenvalue weighted by atomic mass is 32.1. The molecule has 3 rings (SSSR count). The minimum Gasteiger partial charge on any atom is -0.440 e. The molecule has 7 heteroatoms. The van der Waals surface area contributed by atoms with Crippen LogP contribution in [0, 0.1) is 0 Å². The number of cyclic esters (lactones) is 1. The molecule has 2 amide bonds. The van der Waals surface area contributed by atoms with Gasteiger partial charge in [0.2, 0.25) is 0 Å². The smallest absolute Gasteiger partial charge is 0.429 e. The van der Waals surface area contributed by atoms with Crippen molar-refractivity contribution >= 4 is 23.3 Å². The standard InChI is InChI=1S/C16H16N2O4S/c19-15(12-5-2-1-3-6-12)17-18-9-13(22-16(18)20)10-21-11-14-7-4-8-23-14/h1-8,13H,9-11H2,(H,17,19)/t13-/m1/s1. The van der Waals surface area contributed by atoms with Crippen molar-refractivity contribution in [2.45, 2.75) is 12.7 Å². The largest absolute Gasteiger partial charge is 0.440 e. The molecule has 1 atom stereocenters. The van der Waals surface area contributed by atoms with Crippen LogP contribution in [-0.2, 0) is 16.1 Å². The molecule has 23 heavy (non-hydrogen) atoms. The summed E-state index contributed by atoms with van der Waals surface area (Å²) < 4.78 is 10.7. The minimum atomic E-state index is -0.570. The van der Waals surface area contributed by atoms with Crippen molar-refractivity contribution in [3.63, 3.8) is 0 Å². The summed E-state index contributed by atoms with van der Waals surface area (Å²) in [6.07, 6.45) is -0.961. The van der Waals surface area contributed by atoms with E-state index in [1.807, 2.05) is 23.6 Å². The van der Waals surface area contributed by atoms with Crippen LogP contribution in [0.3, 0.4) is 0 Å². The fourth-order valence-electron chi connectivity index (χ4n) is 2.16. The molecule has 0 saturated carbocycles.